The molecule has 2 fully saturated rings. The molecule has 0 N–H and O–H groups in total. The highest BCUT2D eigenvalue weighted by Crippen LogP contribution is 2.34. The van der Waals surface area contributed by atoms with Crippen molar-refractivity contribution < 1.29 is 9.59 Å². The zero-order valence-corrected chi connectivity index (χ0v) is 19.1. The Hall–Kier alpha value is -2.33. The van der Waals surface area contributed by atoms with E-state index in [0.717, 1.165) is 42.4 Å². The van der Waals surface area contributed by atoms with E-state index in [1.54, 1.807) is 4.90 Å². The van der Waals surface area contributed by atoms with Gasteiger partial charge in [0.1, 0.15) is 12.6 Å². The van der Waals surface area contributed by atoms with Crippen molar-refractivity contribution in [2.24, 2.45) is 5.92 Å². The number of halogens is 1. The lowest BCUT2D eigenvalue weighted by Crippen LogP contribution is -2.59. The fourth-order valence-electron chi connectivity index (χ4n) is 4.84. The van der Waals surface area contributed by atoms with Crippen molar-refractivity contribution in [3.8, 4) is 0 Å². The number of benzene rings is 2. The number of piperazine rings is 1. The van der Waals surface area contributed by atoms with E-state index in [2.05, 4.69) is 6.92 Å². The van der Waals surface area contributed by atoms with Crippen molar-refractivity contribution in [1.29, 1.82) is 0 Å². The molecule has 1 heterocycles. The maximum absolute atomic E-state index is 13.7. The van der Waals surface area contributed by atoms with Crippen LogP contribution in [-0.4, -0.2) is 40.7 Å². The number of nitrogens with zero attached hydrogens (tertiary/aromatic N) is 2. The van der Waals surface area contributed by atoms with Crippen LogP contribution in [0, 0.1) is 12.8 Å². The molecule has 5 heteroatoms. The van der Waals surface area contributed by atoms with E-state index in [-0.39, 0.29) is 24.4 Å². The van der Waals surface area contributed by atoms with Gasteiger partial charge in [-0.2, -0.15) is 0 Å². The fraction of sp³-hybridized carbons (Fsp3) is 0.462. The third kappa shape index (κ3) is 4.95. The van der Waals surface area contributed by atoms with Crippen LogP contribution in [0.5, 0.6) is 0 Å². The lowest BCUT2D eigenvalue weighted by molar-refractivity contribution is -0.159. The molecule has 2 amide bonds. The Labute approximate surface area is 190 Å². The zero-order valence-electron chi connectivity index (χ0n) is 18.4. The highest BCUT2D eigenvalue weighted by atomic mass is 35.5. The standard InChI is InChI=1S/C26H31ClN2O2/c1-18-3-9-21(10-4-18)25-26(31)29(23-13-5-19(2)6-14-23)17-24(30)28(25)16-15-20-7-11-22(27)12-8-20/h3-4,7-12,19,23,25H,5-6,13-17H2,1-2H3. The van der Waals surface area contributed by atoms with E-state index in [1.165, 1.54) is 0 Å². The summed E-state index contributed by atoms with van der Waals surface area (Å²) in [6.07, 6.45) is 4.92. The minimum absolute atomic E-state index is 0.0396. The molecule has 1 aliphatic heterocycles. The predicted octanol–water partition coefficient (Wildman–Crippen LogP) is 5.18. The molecule has 31 heavy (non-hydrogen) atoms. The molecular formula is C26H31ClN2O2. The van der Waals surface area contributed by atoms with Gasteiger partial charge in [-0.1, -0.05) is 60.5 Å². The first-order valence-corrected chi connectivity index (χ1v) is 11.7. The Morgan fingerprint density at radius 1 is 0.935 bits per heavy atom. The number of aryl methyl sites for hydroxylation is 1. The van der Waals surface area contributed by atoms with E-state index < -0.39 is 6.04 Å². The fourth-order valence-corrected chi connectivity index (χ4v) is 4.96. The minimum atomic E-state index is -0.548. The van der Waals surface area contributed by atoms with Crippen LogP contribution in [0.15, 0.2) is 48.5 Å². The summed E-state index contributed by atoms with van der Waals surface area (Å²) in [4.78, 5) is 30.7. The van der Waals surface area contributed by atoms with Crippen LogP contribution in [0.3, 0.4) is 0 Å². The Morgan fingerprint density at radius 2 is 1.58 bits per heavy atom. The molecule has 0 aromatic heterocycles. The Balaban J connectivity index is 1.58. The molecule has 1 saturated heterocycles. The third-order valence-corrected chi connectivity index (χ3v) is 7.08. The summed E-state index contributed by atoms with van der Waals surface area (Å²) in [7, 11) is 0. The second-order valence-corrected chi connectivity index (χ2v) is 9.59. The first kappa shape index (κ1) is 21.9. The largest absolute Gasteiger partial charge is 0.328 e. The maximum Gasteiger partial charge on any atom is 0.250 e. The molecule has 1 unspecified atom stereocenters. The van der Waals surface area contributed by atoms with Gasteiger partial charge in [-0.05, 0) is 68.2 Å². The number of hydrogen-bond donors (Lipinski definition) is 0. The molecule has 1 atom stereocenters. The van der Waals surface area contributed by atoms with E-state index in [9.17, 15) is 9.59 Å². The van der Waals surface area contributed by atoms with Gasteiger partial charge >= 0.3 is 0 Å². The number of rotatable bonds is 5. The summed E-state index contributed by atoms with van der Waals surface area (Å²) >= 11 is 6.00. The van der Waals surface area contributed by atoms with Gasteiger partial charge in [0.25, 0.3) is 5.91 Å². The molecule has 2 aliphatic rings. The van der Waals surface area contributed by atoms with E-state index in [1.807, 2.05) is 60.4 Å². The van der Waals surface area contributed by atoms with Gasteiger partial charge in [0, 0.05) is 17.6 Å². The van der Waals surface area contributed by atoms with Crippen LogP contribution < -0.4 is 0 Å². The number of carbonyl (C=O) groups excluding carboxylic acids is 2. The van der Waals surface area contributed by atoms with Gasteiger partial charge in [-0.25, -0.2) is 0 Å². The third-order valence-electron chi connectivity index (χ3n) is 6.83. The van der Waals surface area contributed by atoms with E-state index >= 15 is 0 Å². The van der Waals surface area contributed by atoms with Crippen molar-refractivity contribution in [3.63, 3.8) is 0 Å². The predicted molar refractivity (Wildman–Crippen MR) is 124 cm³/mol. The summed E-state index contributed by atoms with van der Waals surface area (Å²) < 4.78 is 0. The topological polar surface area (TPSA) is 40.6 Å². The van der Waals surface area contributed by atoms with Crippen molar-refractivity contribution in [1.82, 2.24) is 9.80 Å². The highest BCUT2D eigenvalue weighted by molar-refractivity contribution is 6.30. The number of carbonyl (C=O) groups is 2. The zero-order chi connectivity index (χ0) is 22.0. The van der Waals surface area contributed by atoms with Crippen LogP contribution in [-0.2, 0) is 16.0 Å². The molecule has 0 spiro atoms. The number of amides is 2. The Bertz CT molecular complexity index is 917. The summed E-state index contributed by atoms with van der Waals surface area (Å²) in [5.41, 5.74) is 3.15. The first-order valence-electron chi connectivity index (χ1n) is 11.3. The Morgan fingerprint density at radius 3 is 2.23 bits per heavy atom. The van der Waals surface area contributed by atoms with Crippen LogP contribution >= 0.6 is 11.6 Å². The molecule has 2 aromatic rings. The van der Waals surface area contributed by atoms with Gasteiger partial charge in [0.2, 0.25) is 5.91 Å². The van der Waals surface area contributed by atoms with Crippen LogP contribution in [0.4, 0.5) is 0 Å². The van der Waals surface area contributed by atoms with Crippen molar-refractivity contribution in [2.75, 3.05) is 13.1 Å². The van der Waals surface area contributed by atoms with E-state index in [0.29, 0.717) is 23.9 Å². The van der Waals surface area contributed by atoms with Crippen LogP contribution in [0.1, 0.15) is 55.3 Å². The summed E-state index contributed by atoms with van der Waals surface area (Å²) in [6, 6.07) is 15.3. The second kappa shape index (κ2) is 9.44. The van der Waals surface area contributed by atoms with Crippen molar-refractivity contribution in [2.45, 2.75) is 58.0 Å². The van der Waals surface area contributed by atoms with Gasteiger partial charge in [0.15, 0.2) is 0 Å². The van der Waals surface area contributed by atoms with E-state index in [4.69, 9.17) is 11.6 Å². The molecule has 0 bridgehead atoms. The van der Waals surface area contributed by atoms with Crippen molar-refractivity contribution >= 4 is 23.4 Å². The lowest BCUT2D eigenvalue weighted by atomic mass is 9.85. The maximum atomic E-state index is 13.7. The molecule has 4 rings (SSSR count). The van der Waals surface area contributed by atoms with Gasteiger partial charge in [-0.3, -0.25) is 9.59 Å². The average Bonchev–Trinajstić information content (AvgIpc) is 2.76. The summed E-state index contributed by atoms with van der Waals surface area (Å²) in [5.74, 6) is 0.812. The molecule has 2 aromatic carbocycles. The molecule has 164 valence electrons. The molecule has 0 radical (unpaired) electrons. The minimum Gasteiger partial charge on any atom is -0.328 e. The van der Waals surface area contributed by atoms with Gasteiger partial charge in [-0.15, -0.1) is 0 Å². The smallest absolute Gasteiger partial charge is 0.250 e. The lowest BCUT2D eigenvalue weighted by Gasteiger charge is -2.45. The highest BCUT2D eigenvalue weighted by Gasteiger charge is 2.43. The molecular weight excluding hydrogens is 408 g/mol. The normalized spacial score (nSPS) is 24.5. The molecule has 1 saturated carbocycles. The average molecular weight is 439 g/mol. The molecule has 1 aliphatic carbocycles. The second-order valence-electron chi connectivity index (χ2n) is 9.16. The van der Waals surface area contributed by atoms with Crippen LogP contribution in [0.25, 0.3) is 0 Å². The summed E-state index contributed by atoms with van der Waals surface area (Å²) in [6.45, 7) is 5.01. The summed E-state index contributed by atoms with van der Waals surface area (Å²) in [5, 5.41) is 0.697. The van der Waals surface area contributed by atoms with Gasteiger partial charge < -0.3 is 9.80 Å². The van der Waals surface area contributed by atoms with Gasteiger partial charge in [0.05, 0.1) is 0 Å². The quantitative estimate of drug-likeness (QED) is 0.645. The SMILES string of the molecule is Cc1ccc(C2C(=O)N(C3CCC(C)CC3)CC(=O)N2CCc2ccc(Cl)cc2)cc1. The monoisotopic (exact) mass is 438 g/mol. The van der Waals surface area contributed by atoms with Crippen LogP contribution in [0.2, 0.25) is 5.02 Å². The van der Waals surface area contributed by atoms with Crippen molar-refractivity contribution in [3.05, 3.63) is 70.2 Å². The number of hydrogen-bond acceptors (Lipinski definition) is 2. The molecule has 4 nitrogen and oxygen atoms in total. The Kier molecular flexibility index (Phi) is 6.66. The first-order chi connectivity index (χ1) is 14.9.